The lowest BCUT2D eigenvalue weighted by Gasteiger charge is -2.18. The molecule has 1 rings (SSSR count). The summed E-state index contributed by atoms with van der Waals surface area (Å²) in [5, 5.41) is 2.41. The van der Waals surface area contributed by atoms with Crippen LogP contribution in [0.1, 0.15) is 20.8 Å². The van der Waals surface area contributed by atoms with Crippen LogP contribution < -0.4 is 5.32 Å². The summed E-state index contributed by atoms with van der Waals surface area (Å²) in [7, 11) is 0. The molecule has 0 unspecified atom stereocenters. The highest BCUT2D eigenvalue weighted by Gasteiger charge is 2.16. The summed E-state index contributed by atoms with van der Waals surface area (Å²) < 4.78 is 9.64. The number of carbonyl (C=O) groups is 1. The summed E-state index contributed by atoms with van der Waals surface area (Å²) in [4.78, 5) is 14.8. The second kappa shape index (κ2) is 3.47. The molecule has 0 aliphatic carbocycles. The fourth-order valence-corrected chi connectivity index (χ4v) is 0.682. The van der Waals surface area contributed by atoms with Gasteiger partial charge < -0.3 is 9.15 Å². The molecule has 0 bridgehead atoms. The summed E-state index contributed by atoms with van der Waals surface area (Å²) in [5.41, 5.74) is -0.506. The maximum absolute atomic E-state index is 11.1. The van der Waals surface area contributed by atoms with E-state index in [9.17, 15) is 4.79 Å². The van der Waals surface area contributed by atoms with Gasteiger partial charge in [0, 0.05) is 0 Å². The fourth-order valence-electron chi connectivity index (χ4n) is 0.682. The number of nitrogens with zero attached hydrogens (tertiary/aromatic N) is 1. The standard InChI is InChI=1S/C8H12N2O3/c1-8(2,3)13-7(11)10-6-4-12-5-9-6/h4-5H,1-3H3,(H,10,11). The van der Waals surface area contributed by atoms with Gasteiger partial charge in [-0.15, -0.1) is 0 Å². The fraction of sp³-hybridized carbons (Fsp3) is 0.500. The number of anilines is 1. The van der Waals surface area contributed by atoms with E-state index in [0.717, 1.165) is 0 Å². The highest BCUT2D eigenvalue weighted by atomic mass is 16.6. The Balaban J connectivity index is 2.43. The summed E-state index contributed by atoms with van der Waals surface area (Å²) in [6.07, 6.45) is 2.01. The van der Waals surface area contributed by atoms with E-state index >= 15 is 0 Å². The van der Waals surface area contributed by atoms with Crippen LogP contribution in [0, 0.1) is 0 Å². The van der Waals surface area contributed by atoms with Crippen molar-refractivity contribution in [3.63, 3.8) is 0 Å². The summed E-state index contributed by atoms with van der Waals surface area (Å²) >= 11 is 0. The van der Waals surface area contributed by atoms with E-state index in [0.29, 0.717) is 5.82 Å². The molecule has 1 heterocycles. The van der Waals surface area contributed by atoms with Crippen molar-refractivity contribution in [2.45, 2.75) is 26.4 Å². The van der Waals surface area contributed by atoms with Crippen LogP contribution >= 0.6 is 0 Å². The van der Waals surface area contributed by atoms with Gasteiger partial charge in [0.05, 0.1) is 0 Å². The Bertz CT molecular complexity index is 274. The Hall–Kier alpha value is -1.52. The predicted octanol–water partition coefficient (Wildman–Crippen LogP) is 2.02. The second-order valence-corrected chi connectivity index (χ2v) is 3.50. The first kappa shape index (κ1) is 9.57. The van der Waals surface area contributed by atoms with Gasteiger partial charge in [-0.3, -0.25) is 5.32 Å². The molecule has 1 aromatic heterocycles. The van der Waals surface area contributed by atoms with Crippen LogP contribution in [0.15, 0.2) is 17.1 Å². The first-order valence-electron chi connectivity index (χ1n) is 3.85. The van der Waals surface area contributed by atoms with Crippen molar-refractivity contribution in [2.75, 3.05) is 5.32 Å². The van der Waals surface area contributed by atoms with Gasteiger partial charge in [-0.1, -0.05) is 0 Å². The molecule has 0 radical (unpaired) electrons. The molecule has 1 aromatic rings. The van der Waals surface area contributed by atoms with Crippen LogP contribution in [0.4, 0.5) is 10.6 Å². The topological polar surface area (TPSA) is 64.4 Å². The largest absolute Gasteiger partial charge is 0.449 e. The summed E-state index contributed by atoms with van der Waals surface area (Å²) in [6, 6.07) is 0. The Labute approximate surface area is 76.1 Å². The highest BCUT2D eigenvalue weighted by molar-refractivity contribution is 5.83. The lowest BCUT2D eigenvalue weighted by Crippen LogP contribution is -2.27. The molecular formula is C8H12N2O3. The maximum Gasteiger partial charge on any atom is 0.413 e. The lowest BCUT2D eigenvalue weighted by atomic mass is 10.2. The van der Waals surface area contributed by atoms with E-state index in [2.05, 4.69) is 14.7 Å². The molecule has 72 valence electrons. The molecule has 1 amide bonds. The van der Waals surface area contributed by atoms with Crippen LogP contribution in [0.3, 0.4) is 0 Å². The van der Waals surface area contributed by atoms with Crippen molar-refractivity contribution >= 4 is 11.9 Å². The van der Waals surface area contributed by atoms with Gasteiger partial charge in [0.2, 0.25) is 0 Å². The average Bonchev–Trinajstić information content (AvgIpc) is 2.34. The molecule has 1 N–H and O–H groups in total. The van der Waals surface area contributed by atoms with Gasteiger partial charge in [-0.25, -0.2) is 4.79 Å². The molecule has 0 atom stereocenters. The normalized spacial score (nSPS) is 11.0. The highest BCUT2D eigenvalue weighted by Crippen LogP contribution is 2.09. The molecule has 0 spiro atoms. The van der Waals surface area contributed by atoms with Crippen molar-refractivity contribution < 1.29 is 13.9 Å². The SMILES string of the molecule is CC(C)(C)OC(=O)Nc1cocn1. The number of amides is 1. The van der Waals surface area contributed by atoms with Gasteiger partial charge in [-0.05, 0) is 20.8 Å². The van der Waals surface area contributed by atoms with E-state index in [-0.39, 0.29) is 0 Å². The lowest BCUT2D eigenvalue weighted by molar-refractivity contribution is 0.0635. The number of hydrogen-bond acceptors (Lipinski definition) is 4. The number of hydrogen-bond donors (Lipinski definition) is 1. The van der Waals surface area contributed by atoms with Crippen LogP contribution in [-0.4, -0.2) is 16.7 Å². The number of oxazole rings is 1. The van der Waals surface area contributed by atoms with E-state index in [4.69, 9.17) is 4.74 Å². The van der Waals surface area contributed by atoms with Crippen molar-refractivity contribution in [3.05, 3.63) is 12.7 Å². The number of ether oxygens (including phenoxy) is 1. The van der Waals surface area contributed by atoms with Crippen LogP contribution in [0.5, 0.6) is 0 Å². The van der Waals surface area contributed by atoms with Crippen molar-refractivity contribution in [1.29, 1.82) is 0 Å². The molecule has 0 fully saturated rings. The molecule has 5 nitrogen and oxygen atoms in total. The predicted molar refractivity (Wildman–Crippen MR) is 46.4 cm³/mol. The Morgan fingerprint density at radius 3 is 2.77 bits per heavy atom. The third-order valence-electron chi connectivity index (χ3n) is 1.06. The molecule has 0 aliphatic heterocycles. The zero-order chi connectivity index (χ0) is 9.90. The molecule has 0 saturated carbocycles. The Morgan fingerprint density at radius 2 is 2.31 bits per heavy atom. The molecule has 0 aliphatic rings. The van der Waals surface area contributed by atoms with Gasteiger partial charge in [0.25, 0.3) is 0 Å². The van der Waals surface area contributed by atoms with Gasteiger partial charge in [0.15, 0.2) is 12.2 Å². The number of nitrogens with one attached hydrogen (secondary N) is 1. The zero-order valence-electron chi connectivity index (χ0n) is 7.83. The number of carbonyl (C=O) groups excluding carboxylic acids is 1. The van der Waals surface area contributed by atoms with E-state index in [1.54, 1.807) is 20.8 Å². The quantitative estimate of drug-likeness (QED) is 0.725. The smallest absolute Gasteiger partial charge is 0.413 e. The number of rotatable bonds is 1. The van der Waals surface area contributed by atoms with Crippen LogP contribution in [0.25, 0.3) is 0 Å². The summed E-state index contributed by atoms with van der Waals surface area (Å²) in [6.45, 7) is 5.36. The molecule has 13 heavy (non-hydrogen) atoms. The first-order valence-corrected chi connectivity index (χ1v) is 3.85. The third-order valence-corrected chi connectivity index (χ3v) is 1.06. The minimum Gasteiger partial charge on any atom is -0.449 e. The van der Waals surface area contributed by atoms with Crippen molar-refractivity contribution in [2.24, 2.45) is 0 Å². The second-order valence-electron chi connectivity index (χ2n) is 3.50. The minimum absolute atomic E-state index is 0.342. The van der Waals surface area contributed by atoms with Gasteiger partial charge in [0.1, 0.15) is 11.9 Å². The average molecular weight is 184 g/mol. The van der Waals surface area contributed by atoms with Crippen LogP contribution in [0.2, 0.25) is 0 Å². The number of aromatic nitrogens is 1. The summed E-state index contributed by atoms with van der Waals surface area (Å²) in [5.74, 6) is 0.342. The monoisotopic (exact) mass is 184 g/mol. The van der Waals surface area contributed by atoms with Crippen LogP contribution in [-0.2, 0) is 4.74 Å². The third kappa shape index (κ3) is 3.59. The Morgan fingerprint density at radius 1 is 1.62 bits per heavy atom. The van der Waals surface area contributed by atoms with Crippen molar-refractivity contribution in [1.82, 2.24) is 4.98 Å². The molecule has 0 saturated heterocycles. The molecule has 5 heteroatoms. The van der Waals surface area contributed by atoms with E-state index in [1.807, 2.05) is 0 Å². The first-order chi connectivity index (χ1) is 5.97. The molecular weight excluding hydrogens is 172 g/mol. The van der Waals surface area contributed by atoms with Crippen molar-refractivity contribution in [3.8, 4) is 0 Å². The van der Waals surface area contributed by atoms with E-state index < -0.39 is 11.7 Å². The zero-order valence-corrected chi connectivity index (χ0v) is 7.83. The molecule has 0 aromatic carbocycles. The van der Waals surface area contributed by atoms with E-state index in [1.165, 1.54) is 12.7 Å². The maximum atomic E-state index is 11.1. The Kier molecular flexibility index (Phi) is 2.55. The van der Waals surface area contributed by atoms with Gasteiger partial charge >= 0.3 is 6.09 Å². The van der Waals surface area contributed by atoms with Gasteiger partial charge in [-0.2, -0.15) is 4.98 Å². The minimum atomic E-state index is -0.540.